The lowest BCUT2D eigenvalue weighted by atomic mass is 9.70. The molecule has 1 aromatic rings. The van der Waals surface area contributed by atoms with Crippen molar-refractivity contribution in [2.45, 2.75) is 52.4 Å². The molecular formula is C18H26ClN. The molecule has 0 aromatic heterocycles. The van der Waals surface area contributed by atoms with Crippen molar-refractivity contribution < 1.29 is 0 Å². The minimum Gasteiger partial charge on any atom is -0.370 e. The van der Waals surface area contributed by atoms with Gasteiger partial charge in [0.15, 0.2) is 0 Å². The first kappa shape index (κ1) is 14.3. The van der Waals surface area contributed by atoms with Gasteiger partial charge in [0.1, 0.15) is 0 Å². The normalized spacial score (nSPS) is 30.1. The number of hydrogen-bond donors (Lipinski definition) is 0. The number of nitrogens with zero attached hydrogens (tertiary/aromatic N) is 1. The van der Waals surface area contributed by atoms with E-state index >= 15 is 0 Å². The van der Waals surface area contributed by atoms with Gasteiger partial charge in [-0.15, -0.1) is 0 Å². The fraction of sp³-hybridized carbons (Fsp3) is 0.667. The second-order valence-corrected chi connectivity index (χ2v) is 7.40. The third-order valence-electron chi connectivity index (χ3n) is 5.53. The summed E-state index contributed by atoms with van der Waals surface area (Å²) in [6.07, 6.45) is 8.09. The molecule has 1 spiro atoms. The Bertz CT molecular complexity index is 474. The van der Waals surface area contributed by atoms with Crippen LogP contribution in [0.5, 0.6) is 0 Å². The predicted molar refractivity (Wildman–Crippen MR) is 87.7 cm³/mol. The summed E-state index contributed by atoms with van der Waals surface area (Å²) in [7, 11) is 0. The van der Waals surface area contributed by atoms with Crippen LogP contribution in [0.1, 0.15) is 51.5 Å². The molecule has 0 unspecified atom stereocenters. The van der Waals surface area contributed by atoms with E-state index in [0.717, 1.165) is 17.4 Å². The first-order valence-corrected chi connectivity index (χ1v) is 8.53. The third kappa shape index (κ3) is 2.70. The topological polar surface area (TPSA) is 3.24 Å². The van der Waals surface area contributed by atoms with E-state index in [1.54, 1.807) is 0 Å². The second kappa shape index (κ2) is 5.60. The van der Waals surface area contributed by atoms with Crippen LogP contribution in [0, 0.1) is 11.3 Å². The summed E-state index contributed by atoms with van der Waals surface area (Å²) >= 11 is 6.44. The van der Waals surface area contributed by atoms with Crippen molar-refractivity contribution in [2.24, 2.45) is 11.3 Å². The highest BCUT2D eigenvalue weighted by molar-refractivity contribution is 6.33. The molecule has 1 nitrogen and oxygen atoms in total. The Kier molecular flexibility index (Phi) is 3.99. The first-order valence-electron chi connectivity index (χ1n) is 8.15. The lowest BCUT2D eigenvalue weighted by Gasteiger charge is -2.36. The Labute approximate surface area is 128 Å². The molecule has 0 bridgehead atoms. The summed E-state index contributed by atoms with van der Waals surface area (Å²) in [6, 6.07) is 6.52. The van der Waals surface area contributed by atoms with Crippen LogP contribution in [-0.4, -0.2) is 13.1 Å². The molecule has 110 valence electrons. The van der Waals surface area contributed by atoms with Gasteiger partial charge >= 0.3 is 0 Å². The molecule has 2 aliphatic rings. The van der Waals surface area contributed by atoms with Crippen LogP contribution in [0.15, 0.2) is 18.2 Å². The quantitative estimate of drug-likeness (QED) is 0.714. The average molecular weight is 292 g/mol. The van der Waals surface area contributed by atoms with Gasteiger partial charge in [-0.05, 0) is 54.7 Å². The lowest BCUT2D eigenvalue weighted by molar-refractivity contribution is 0.180. The molecule has 1 saturated heterocycles. The van der Waals surface area contributed by atoms with Gasteiger partial charge in [0.05, 0.1) is 10.7 Å². The minimum absolute atomic E-state index is 0.581. The number of rotatable bonds is 2. The molecule has 2 fully saturated rings. The molecule has 2 heteroatoms. The van der Waals surface area contributed by atoms with Crippen LogP contribution in [0.25, 0.3) is 0 Å². The third-order valence-corrected chi connectivity index (χ3v) is 5.85. The average Bonchev–Trinajstić information content (AvgIpc) is 2.87. The van der Waals surface area contributed by atoms with Crippen LogP contribution < -0.4 is 4.90 Å². The summed E-state index contributed by atoms with van der Waals surface area (Å²) in [5.41, 5.74) is 3.24. The Morgan fingerprint density at radius 2 is 2.00 bits per heavy atom. The van der Waals surface area contributed by atoms with E-state index in [9.17, 15) is 0 Å². The van der Waals surface area contributed by atoms with Crippen molar-refractivity contribution >= 4 is 17.3 Å². The monoisotopic (exact) mass is 291 g/mol. The second-order valence-electron chi connectivity index (χ2n) is 6.99. The molecule has 1 heterocycles. The maximum Gasteiger partial charge on any atom is 0.0639 e. The van der Waals surface area contributed by atoms with E-state index in [4.69, 9.17) is 11.6 Å². The molecule has 3 rings (SSSR count). The molecule has 0 radical (unpaired) electrons. The highest BCUT2D eigenvalue weighted by atomic mass is 35.5. The zero-order valence-electron chi connectivity index (χ0n) is 12.8. The van der Waals surface area contributed by atoms with Crippen molar-refractivity contribution in [3.8, 4) is 0 Å². The van der Waals surface area contributed by atoms with E-state index < -0.39 is 0 Å². The molecular weight excluding hydrogens is 266 g/mol. The highest BCUT2D eigenvalue weighted by Gasteiger charge is 2.40. The summed E-state index contributed by atoms with van der Waals surface area (Å²) < 4.78 is 0. The number of benzene rings is 1. The molecule has 20 heavy (non-hydrogen) atoms. The van der Waals surface area contributed by atoms with E-state index in [0.29, 0.717) is 5.41 Å². The number of halogens is 1. The Balaban J connectivity index is 1.77. The number of aryl methyl sites for hydroxylation is 1. The minimum atomic E-state index is 0.581. The Morgan fingerprint density at radius 1 is 1.25 bits per heavy atom. The highest BCUT2D eigenvalue weighted by Crippen LogP contribution is 2.47. The van der Waals surface area contributed by atoms with E-state index in [-0.39, 0.29) is 0 Å². The van der Waals surface area contributed by atoms with Gasteiger partial charge in [-0.1, -0.05) is 44.4 Å². The summed E-state index contributed by atoms with van der Waals surface area (Å²) in [4.78, 5) is 2.54. The number of hydrogen-bond acceptors (Lipinski definition) is 1. The van der Waals surface area contributed by atoms with Crippen LogP contribution in [0.3, 0.4) is 0 Å². The van der Waals surface area contributed by atoms with Gasteiger partial charge in [0.25, 0.3) is 0 Å². The van der Waals surface area contributed by atoms with Gasteiger partial charge in [-0.3, -0.25) is 0 Å². The van der Waals surface area contributed by atoms with Gasteiger partial charge in [0, 0.05) is 13.1 Å². The smallest absolute Gasteiger partial charge is 0.0639 e. The van der Waals surface area contributed by atoms with Gasteiger partial charge in [-0.2, -0.15) is 0 Å². The van der Waals surface area contributed by atoms with Crippen molar-refractivity contribution in [1.29, 1.82) is 0 Å². The fourth-order valence-electron chi connectivity index (χ4n) is 3.94. The molecule has 0 N–H and O–H groups in total. The van der Waals surface area contributed by atoms with Gasteiger partial charge < -0.3 is 4.90 Å². The Hall–Kier alpha value is -0.690. The van der Waals surface area contributed by atoms with Crippen molar-refractivity contribution in [3.63, 3.8) is 0 Å². The zero-order valence-corrected chi connectivity index (χ0v) is 13.5. The van der Waals surface area contributed by atoms with Gasteiger partial charge in [0.2, 0.25) is 0 Å². The molecule has 0 atom stereocenters. The first-order chi connectivity index (χ1) is 9.62. The summed E-state index contributed by atoms with van der Waals surface area (Å²) in [5.74, 6) is 0.932. The zero-order chi connectivity index (χ0) is 14.2. The summed E-state index contributed by atoms with van der Waals surface area (Å²) in [5, 5.41) is 0.920. The van der Waals surface area contributed by atoms with Crippen LogP contribution in [0.2, 0.25) is 5.02 Å². The SMILES string of the molecule is CCc1ccc(Cl)c(N2CCC3(CCC(C)CC3)C2)c1. The maximum atomic E-state index is 6.44. The summed E-state index contributed by atoms with van der Waals surface area (Å²) in [6.45, 7) is 7.01. The molecule has 0 amide bonds. The standard InChI is InChI=1S/C18H26ClN/c1-3-15-4-5-16(19)17(12-15)20-11-10-18(13-20)8-6-14(2)7-9-18/h4-5,12,14H,3,6-11,13H2,1-2H3. The number of anilines is 1. The van der Waals surface area contributed by atoms with Crippen molar-refractivity contribution in [3.05, 3.63) is 28.8 Å². The lowest BCUT2D eigenvalue weighted by Crippen LogP contribution is -2.31. The van der Waals surface area contributed by atoms with Crippen LogP contribution in [0.4, 0.5) is 5.69 Å². The fourth-order valence-corrected chi connectivity index (χ4v) is 4.18. The van der Waals surface area contributed by atoms with E-state index in [1.807, 2.05) is 0 Å². The van der Waals surface area contributed by atoms with Crippen molar-refractivity contribution in [2.75, 3.05) is 18.0 Å². The van der Waals surface area contributed by atoms with E-state index in [1.165, 1.54) is 56.4 Å². The van der Waals surface area contributed by atoms with Crippen molar-refractivity contribution in [1.82, 2.24) is 0 Å². The maximum absolute atomic E-state index is 6.44. The molecule has 1 aromatic carbocycles. The van der Waals surface area contributed by atoms with E-state index in [2.05, 4.69) is 36.9 Å². The Morgan fingerprint density at radius 3 is 2.70 bits per heavy atom. The van der Waals surface area contributed by atoms with Gasteiger partial charge in [-0.25, -0.2) is 0 Å². The molecule has 1 saturated carbocycles. The predicted octanol–water partition coefficient (Wildman–Crippen LogP) is 5.31. The molecule has 1 aliphatic heterocycles. The van der Waals surface area contributed by atoms with Crippen LogP contribution in [-0.2, 0) is 6.42 Å². The molecule has 1 aliphatic carbocycles. The van der Waals surface area contributed by atoms with Crippen LogP contribution >= 0.6 is 11.6 Å². The largest absolute Gasteiger partial charge is 0.370 e.